The Morgan fingerprint density at radius 2 is 1.67 bits per heavy atom. The molecule has 1 N–H and O–H groups in total. The molecule has 5 rings (SSSR count). The Bertz CT molecular complexity index is 1370. The molecule has 3 aliphatic rings. The van der Waals surface area contributed by atoms with Crippen LogP contribution in [0, 0.1) is 16.0 Å². The minimum absolute atomic E-state index is 0.0580. The topological polar surface area (TPSA) is 165 Å². The second kappa shape index (κ2) is 10.5. The molecule has 0 spiro atoms. The lowest BCUT2D eigenvalue weighted by atomic mass is 9.97. The number of carbonyl (C=O) groups is 5. The maximum atomic E-state index is 13.1. The van der Waals surface area contributed by atoms with E-state index in [1.54, 1.807) is 18.2 Å². The van der Waals surface area contributed by atoms with E-state index >= 15 is 0 Å². The molecule has 2 aromatic rings. The molecule has 0 aliphatic carbocycles. The Morgan fingerprint density at radius 1 is 0.974 bits per heavy atom. The third-order valence-corrected chi connectivity index (χ3v) is 7.09. The second-order valence-electron chi connectivity index (χ2n) is 9.52. The lowest BCUT2D eigenvalue weighted by molar-refractivity contribution is -0.384. The number of hydrogen-bond donors (Lipinski definition) is 1. The molecular formula is C26H24N4O9. The Labute approximate surface area is 221 Å². The first-order valence-electron chi connectivity index (χ1n) is 12.4. The summed E-state index contributed by atoms with van der Waals surface area (Å²) in [6, 6.07) is 9.08. The zero-order valence-corrected chi connectivity index (χ0v) is 20.7. The van der Waals surface area contributed by atoms with Crippen LogP contribution in [0.2, 0.25) is 0 Å². The van der Waals surface area contributed by atoms with Crippen LogP contribution in [-0.4, -0.2) is 65.3 Å². The largest absolute Gasteiger partial charge is 0.513 e. The normalized spacial score (nSPS) is 19.5. The van der Waals surface area contributed by atoms with Gasteiger partial charge < -0.3 is 14.4 Å². The molecule has 39 heavy (non-hydrogen) atoms. The number of hydrogen-bond acceptors (Lipinski definition) is 10. The number of carbonyl (C=O) groups excluding carboxylic acids is 5. The lowest BCUT2D eigenvalue weighted by Gasteiger charge is -2.33. The molecule has 13 nitrogen and oxygen atoms in total. The predicted molar refractivity (Wildman–Crippen MR) is 133 cm³/mol. The van der Waals surface area contributed by atoms with E-state index in [2.05, 4.69) is 10.2 Å². The molecule has 2 aromatic carbocycles. The van der Waals surface area contributed by atoms with Gasteiger partial charge in [0, 0.05) is 37.3 Å². The van der Waals surface area contributed by atoms with Crippen molar-refractivity contribution in [2.24, 2.45) is 5.92 Å². The van der Waals surface area contributed by atoms with Crippen molar-refractivity contribution in [2.75, 3.05) is 24.6 Å². The monoisotopic (exact) mass is 536 g/mol. The molecule has 0 saturated carbocycles. The van der Waals surface area contributed by atoms with Crippen LogP contribution in [-0.2, 0) is 14.3 Å². The highest BCUT2D eigenvalue weighted by Gasteiger charge is 2.44. The number of nitro benzene ring substituents is 1. The van der Waals surface area contributed by atoms with E-state index in [4.69, 9.17) is 9.47 Å². The van der Waals surface area contributed by atoms with E-state index in [1.165, 1.54) is 24.3 Å². The molecule has 4 amide bonds. The predicted octanol–water partition coefficient (Wildman–Crippen LogP) is 2.43. The molecule has 1 atom stereocenters. The molecular weight excluding hydrogens is 512 g/mol. The number of nitro groups is 1. The Hall–Kier alpha value is -4.81. The highest BCUT2D eigenvalue weighted by atomic mass is 16.7. The van der Waals surface area contributed by atoms with Crippen molar-refractivity contribution in [1.82, 2.24) is 10.2 Å². The third-order valence-electron chi connectivity index (χ3n) is 7.09. The van der Waals surface area contributed by atoms with Gasteiger partial charge in [-0.05, 0) is 55.5 Å². The first kappa shape index (κ1) is 25.8. The van der Waals surface area contributed by atoms with Crippen molar-refractivity contribution < 1.29 is 38.4 Å². The molecule has 3 aliphatic heterocycles. The third kappa shape index (κ3) is 5.28. The van der Waals surface area contributed by atoms with Crippen molar-refractivity contribution in [1.29, 1.82) is 0 Å². The average molecular weight is 536 g/mol. The van der Waals surface area contributed by atoms with E-state index in [-0.39, 0.29) is 47.9 Å². The van der Waals surface area contributed by atoms with Gasteiger partial charge in [0.15, 0.2) is 0 Å². The van der Waals surface area contributed by atoms with Gasteiger partial charge in [-0.25, -0.2) is 4.79 Å². The number of rotatable bonds is 6. The maximum Gasteiger partial charge on any atom is 0.513 e. The summed E-state index contributed by atoms with van der Waals surface area (Å²) in [6.07, 6.45) is 0.672. The number of nitrogens with zero attached hydrogens (tertiary/aromatic N) is 3. The van der Waals surface area contributed by atoms with Crippen molar-refractivity contribution in [3.63, 3.8) is 0 Å². The standard InChI is InChI=1S/C26H24N4O9/c31-22-8-7-21(23(32)27-22)29-24(33)19-6-3-17(13-20(19)25(29)34)28-11-9-15(10-12-28)14-38-26(35)39-18-4-1-16(2-5-18)30(36)37/h1-6,13,15,21H,7-12,14H2,(H,27,31,32). The van der Waals surface area contributed by atoms with E-state index in [9.17, 15) is 34.1 Å². The minimum Gasteiger partial charge on any atom is -0.434 e. The molecule has 13 heteroatoms. The van der Waals surface area contributed by atoms with Crippen LogP contribution in [0.1, 0.15) is 46.4 Å². The van der Waals surface area contributed by atoms with E-state index < -0.39 is 40.7 Å². The highest BCUT2D eigenvalue weighted by Crippen LogP contribution is 2.32. The molecule has 2 saturated heterocycles. The molecule has 0 bridgehead atoms. The molecule has 2 fully saturated rings. The van der Waals surface area contributed by atoms with Crippen LogP contribution in [0.4, 0.5) is 16.2 Å². The summed E-state index contributed by atoms with van der Waals surface area (Å²) in [5.74, 6) is -1.95. The van der Waals surface area contributed by atoms with E-state index in [1.807, 2.05) is 0 Å². The smallest absolute Gasteiger partial charge is 0.434 e. The lowest BCUT2D eigenvalue weighted by Crippen LogP contribution is -2.54. The summed E-state index contributed by atoms with van der Waals surface area (Å²) in [6.45, 7) is 1.41. The first-order valence-corrected chi connectivity index (χ1v) is 12.4. The quantitative estimate of drug-likeness (QED) is 0.190. The summed E-state index contributed by atoms with van der Waals surface area (Å²) in [5, 5.41) is 12.9. The van der Waals surface area contributed by atoms with E-state index in [0.29, 0.717) is 25.9 Å². The maximum absolute atomic E-state index is 13.1. The van der Waals surface area contributed by atoms with Crippen LogP contribution in [0.25, 0.3) is 0 Å². The van der Waals surface area contributed by atoms with Gasteiger partial charge >= 0.3 is 6.16 Å². The average Bonchev–Trinajstić information content (AvgIpc) is 3.17. The van der Waals surface area contributed by atoms with Gasteiger partial charge in [0.1, 0.15) is 11.8 Å². The van der Waals surface area contributed by atoms with E-state index in [0.717, 1.165) is 10.6 Å². The van der Waals surface area contributed by atoms with Gasteiger partial charge in [-0.3, -0.25) is 39.5 Å². The van der Waals surface area contributed by atoms with Gasteiger partial charge in [0.25, 0.3) is 17.5 Å². The van der Waals surface area contributed by atoms with Gasteiger partial charge in [0.05, 0.1) is 22.7 Å². The zero-order chi connectivity index (χ0) is 27.7. The second-order valence-corrected chi connectivity index (χ2v) is 9.52. The van der Waals surface area contributed by atoms with Gasteiger partial charge in [0.2, 0.25) is 11.8 Å². The molecule has 0 radical (unpaired) electrons. The number of imide groups is 2. The zero-order valence-electron chi connectivity index (χ0n) is 20.7. The van der Waals surface area contributed by atoms with Gasteiger partial charge in [-0.2, -0.15) is 0 Å². The number of amides is 4. The van der Waals surface area contributed by atoms with Crippen molar-refractivity contribution in [2.45, 2.75) is 31.7 Å². The number of nitrogens with one attached hydrogen (secondary N) is 1. The van der Waals surface area contributed by atoms with Crippen LogP contribution in [0.15, 0.2) is 42.5 Å². The Kier molecular flexibility index (Phi) is 6.96. The summed E-state index contributed by atoms with van der Waals surface area (Å²) in [7, 11) is 0. The highest BCUT2D eigenvalue weighted by molar-refractivity contribution is 6.23. The molecule has 202 valence electrons. The number of ether oxygens (including phenoxy) is 2. The Balaban J connectivity index is 1.14. The van der Waals surface area contributed by atoms with Crippen LogP contribution < -0.4 is 15.0 Å². The molecule has 3 heterocycles. The molecule has 1 unspecified atom stereocenters. The number of non-ortho nitro benzene ring substituents is 1. The summed E-state index contributed by atoms with van der Waals surface area (Å²) >= 11 is 0. The number of fused-ring (bicyclic) bond motifs is 1. The fraction of sp³-hybridized carbons (Fsp3) is 0.346. The first-order chi connectivity index (χ1) is 18.7. The van der Waals surface area contributed by atoms with Crippen LogP contribution >= 0.6 is 0 Å². The fourth-order valence-electron chi connectivity index (χ4n) is 4.96. The summed E-state index contributed by atoms with van der Waals surface area (Å²) < 4.78 is 10.3. The Morgan fingerprint density at radius 3 is 2.33 bits per heavy atom. The SMILES string of the molecule is O=C1CCC(N2C(=O)c3ccc(N4CCC(COC(=O)Oc5ccc([N+](=O)[O-])cc5)CC4)cc3C2=O)C(=O)N1. The summed E-state index contributed by atoms with van der Waals surface area (Å²) in [5.41, 5.74) is 1.09. The molecule has 0 aromatic heterocycles. The number of benzene rings is 2. The number of anilines is 1. The van der Waals surface area contributed by atoms with Gasteiger partial charge in [-0.15, -0.1) is 0 Å². The van der Waals surface area contributed by atoms with Crippen LogP contribution in [0.5, 0.6) is 5.75 Å². The minimum atomic E-state index is -1.01. The van der Waals surface area contributed by atoms with Crippen molar-refractivity contribution in [3.8, 4) is 5.75 Å². The fourth-order valence-corrected chi connectivity index (χ4v) is 4.96. The van der Waals surface area contributed by atoms with Crippen LogP contribution in [0.3, 0.4) is 0 Å². The summed E-state index contributed by atoms with van der Waals surface area (Å²) in [4.78, 5) is 74.9. The van der Waals surface area contributed by atoms with Crippen molar-refractivity contribution >= 4 is 41.2 Å². The van der Waals surface area contributed by atoms with Crippen molar-refractivity contribution in [3.05, 3.63) is 63.7 Å². The van der Waals surface area contributed by atoms with Gasteiger partial charge in [-0.1, -0.05) is 0 Å². The number of piperidine rings is 2.